The van der Waals surface area contributed by atoms with Gasteiger partial charge in [0.1, 0.15) is 12.3 Å². The lowest BCUT2D eigenvalue weighted by atomic mass is 9.75. The van der Waals surface area contributed by atoms with Crippen LogP contribution in [0.25, 0.3) is 6.08 Å². The molecular weight excluding hydrogens is 448 g/mol. The molecule has 1 N–H and O–H groups in total. The van der Waals surface area contributed by atoms with Crippen LogP contribution in [0.2, 0.25) is 5.02 Å². The van der Waals surface area contributed by atoms with E-state index in [1.807, 2.05) is 60.7 Å². The van der Waals surface area contributed by atoms with E-state index < -0.39 is 5.66 Å². The van der Waals surface area contributed by atoms with Crippen LogP contribution >= 0.6 is 11.6 Å². The van der Waals surface area contributed by atoms with Gasteiger partial charge >= 0.3 is 0 Å². The molecule has 0 radical (unpaired) electrons. The summed E-state index contributed by atoms with van der Waals surface area (Å²) in [7, 11) is 1.62. The molecule has 3 aromatic carbocycles. The van der Waals surface area contributed by atoms with Gasteiger partial charge in [-0.25, -0.2) is 0 Å². The second-order valence-corrected chi connectivity index (χ2v) is 9.57. The van der Waals surface area contributed by atoms with Crippen LogP contribution in [0.15, 0.2) is 72.8 Å². The molecule has 5 rings (SSSR count). The molecule has 2 aliphatic heterocycles. The Morgan fingerprint density at radius 1 is 1.06 bits per heavy atom. The monoisotopic (exact) mass is 474 g/mol. The molecule has 1 fully saturated rings. The van der Waals surface area contributed by atoms with Crippen LogP contribution in [0.1, 0.15) is 30.5 Å². The van der Waals surface area contributed by atoms with Crippen LogP contribution < -0.4 is 19.7 Å². The number of carbonyl (C=O) groups is 1. The number of hydrogen-bond donors (Lipinski definition) is 1. The van der Waals surface area contributed by atoms with Gasteiger partial charge in [-0.2, -0.15) is 0 Å². The molecule has 2 heterocycles. The van der Waals surface area contributed by atoms with Gasteiger partial charge in [0.05, 0.1) is 13.7 Å². The van der Waals surface area contributed by atoms with Crippen LogP contribution in [0.5, 0.6) is 11.5 Å². The maximum atomic E-state index is 12.5. The number of hydrogen-bond acceptors (Lipinski definition) is 4. The van der Waals surface area contributed by atoms with E-state index in [4.69, 9.17) is 21.1 Å². The Balaban J connectivity index is 1.43. The highest BCUT2D eigenvalue weighted by Gasteiger charge is 2.59. The van der Waals surface area contributed by atoms with Gasteiger partial charge in [-0.05, 0) is 41.5 Å². The Bertz CT molecular complexity index is 1290. The molecule has 1 atom stereocenters. The Kier molecular flexibility index (Phi) is 5.53. The van der Waals surface area contributed by atoms with Gasteiger partial charge in [0.25, 0.3) is 0 Å². The highest BCUT2D eigenvalue weighted by molar-refractivity contribution is 6.31. The molecule has 5 nitrogen and oxygen atoms in total. The standard InChI is InChI=1S/C28H27ClN2O3/c1-27(2)21-9-5-7-11-23(21)31-17-26(32)30-28(27,31)15-14-19-12-13-24(25(16-19)33-3)34-18-20-8-4-6-10-22(20)29/h4-16H,17-18H2,1-3H3,(H,30,32)/b15-14+/t28-/m0/s1. The smallest absolute Gasteiger partial charge is 0.241 e. The predicted octanol–water partition coefficient (Wildman–Crippen LogP) is 5.56. The maximum absolute atomic E-state index is 12.5. The summed E-state index contributed by atoms with van der Waals surface area (Å²) >= 11 is 6.25. The van der Waals surface area contributed by atoms with Crippen molar-refractivity contribution in [3.8, 4) is 11.5 Å². The van der Waals surface area contributed by atoms with Crippen LogP contribution in [-0.2, 0) is 16.8 Å². The number of fused-ring (bicyclic) bond motifs is 3. The third-order valence-corrected chi connectivity index (χ3v) is 7.29. The van der Waals surface area contributed by atoms with Crippen LogP contribution in [-0.4, -0.2) is 25.2 Å². The number of benzene rings is 3. The van der Waals surface area contributed by atoms with E-state index >= 15 is 0 Å². The van der Waals surface area contributed by atoms with Gasteiger partial charge in [0.15, 0.2) is 11.5 Å². The van der Waals surface area contributed by atoms with Crippen molar-refractivity contribution in [2.45, 2.75) is 31.5 Å². The highest BCUT2D eigenvalue weighted by Crippen LogP contribution is 2.52. The average Bonchev–Trinajstić information content (AvgIpc) is 3.27. The molecule has 0 aliphatic carbocycles. The van der Waals surface area contributed by atoms with Crippen molar-refractivity contribution in [3.63, 3.8) is 0 Å². The summed E-state index contributed by atoms with van der Waals surface area (Å²) in [6, 6.07) is 21.7. The van der Waals surface area contributed by atoms with Crippen molar-refractivity contribution in [1.29, 1.82) is 0 Å². The molecule has 0 aromatic heterocycles. The third-order valence-electron chi connectivity index (χ3n) is 6.92. The Hall–Kier alpha value is -3.44. The lowest BCUT2D eigenvalue weighted by Crippen LogP contribution is -2.58. The van der Waals surface area contributed by atoms with Crippen molar-refractivity contribution in [3.05, 3.63) is 94.5 Å². The summed E-state index contributed by atoms with van der Waals surface area (Å²) in [6.45, 7) is 5.03. The van der Waals surface area contributed by atoms with E-state index in [0.29, 0.717) is 29.7 Å². The molecule has 0 bridgehead atoms. The fourth-order valence-corrected chi connectivity index (χ4v) is 5.22. The minimum absolute atomic E-state index is 0.0214. The number of nitrogens with zero attached hydrogens (tertiary/aromatic N) is 1. The van der Waals surface area contributed by atoms with Gasteiger partial charge < -0.3 is 19.7 Å². The first-order valence-electron chi connectivity index (χ1n) is 11.3. The summed E-state index contributed by atoms with van der Waals surface area (Å²) < 4.78 is 11.6. The summed E-state index contributed by atoms with van der Waals surface area (Å²) in [5, 5.41) is 3.92. The zero-order valence-corrected chi connectivity index (χ0v) is 20.2. The second kappa shape index (κ2) is 8.41. The first kappa shape index (κ1) is 22.4. The summed E-state index contributed by atoms with van der Waals surface area (Å²) in [5.74, 6) is 1.29. The topological polar surface area (TPSA) is 50.8 Å². The van der Waals surface area contributed by atoms with Crippen molar-refractivity contribution in [2.24, 2.45) is 0 Å². The minimum atomic E-state index is -0.639. The van der Waals surface area contributed by atoms with E-state index in [9.17, 15) is 4.79 Å². The third kappa shape index (κ3) is 3.51. The summed E-state index contributed by atoms with van der Waals surface area (Å²) in [5.41, 5.74) is 3.23. The molecule has 0 unspecified atom stereocenters. The number of rotatable bonds is 6. The molecule has 174 valence electrons. The predicted molar refractivity (Wildman–Crippen MR) is 135 cm³/mol. The normalized spacial score (nSPS) is 20.2. The van der Waals surface area contributed by atoms with Crippen LogP contribution in [0.3, 0.4) is 0 Å². The zero-order chi connectivity index (χ0) is 23.9. The minimum Gasteiger partial charge on any atom is -0.493 e. The molecule has 1 saturated heterocycles. The SMILES string of the molecule is COc1cc(/C=C/[C@]23NC(=O)CN2c2ccccc2C3(C)C)ccc1OCc1ccccc1Cl. The number of nitrogens with one attached hydrogen (secondary N) is 1. The first-order valence-corrected chi connectivity index (χ1v) is 11.7. The van der Waals surface area contributed by atoms with Gasteiger partial charge in [-0.1, -0.05) is 74.0 Å². The molecular formula is C28H27ClN2O3. The Morgan fingerprint density at radius 3 is 2.62 bits per heavy atom. The molecule has 3 aromatic rings. The molecule has 34 heavy (non-hydrogen) atoms. The van der Waals surface area contributed by atoms with E-state index in [0.717, 1.165) is 16.8 Å². The number of halogens is 1. The number of methoxy groups -OCH3 is 1. The zero-order valence-electron chi connectivity index (χ0n) is 19.5. The molecule has 2 aliphatic rings. The number of anilines is 1. The fraction of sp³-hybridized carbons (Fsp3) is 0.250. The van der Waals surface area contributed by atoms with Gasteiger partial charge in [-0.3, -0.25) is 4.79 Å². The number of para-hydroxylation sites is 1. The molecule has 0 saturated carbocycles. The molecule has 1 amide bonds. The largest absolute Gasteiger partial charge is 0.493 e. The quantitative estimate of drug-likeness (QED) is 0.507. The van der Waals surface area contributed by atoms with Crippen LogP contribution in [0.4, 0.5) is 5.69 Å². The number of amides is 1. The fourth-order valence-electron chi connectivity index (χ4n) is 5.03. The van der Waals surface area contributed by atoms with E-state index in [1.165, 1.54) is 5.56 Å². The summed E-state index contributed by atoms with van der Waals surface area (Å²) in [6.07, 6.45) is 4.13. The van der Waals surface area contributed by atoms with E-state index in [1.54, 1.807) is 7.11 Å². The van der Waals surface area contributed by atoms with E-state index in [-0.39, 0.29) is 11.3 Å². The van der Waals surface area contributed by atoms with Gasteiger partial charge in [0, 0.05) is 21.7 Å². The van der Waals surface area contributed by atoms with Crippen molar-refractivity contribution >= 4 is 29.3 Å². The Labute approximate surface area is 204 Å². The Morgan fingerprint density at radius 2 is 1.82 bits per heavy atom. The molecule has 6 heteroatoms. The van der Waals surface area contributed by atoms with Crippen molar-refractivity contribution in [1.82, 2.24) is 5.32 Å². The van der Waals surface area contributed by atoms with Gasteiger partial charge in [-0.15, -0.1) is 0 Å². The molecule has 0 spiro atoms. The second-order valence-electron chi connectivity index (χ2n) is 9.17. The summed E-state index contributed by atoms with van der Waals surface area (Å²) in [4.78, 5) is 14.7. The van der Waals surface area contributed by atoms with Crippen molar-refractivity contribution < 1.29 is 14.3 Å². The maximum Gasteiger partial charge on any atom is 0.241 e. The number of carbonyl (C=O) groups excluding carboxylic acids is 1. The average molecular weight is 475 g/mol. The first-order chi connectivity index (χ1) is 16.4. The number of ether oxygens (including phenoxy) is 2. The lowest BCUT2D eigenvalue weighted by molar-refractivity contribution is -0.118. The highest BCUT2D eigenvalue weighted by atomic mass is 35.5. The van der Waals surface area contributed by atoms with Gasteiger partial charge in [0.2, 0.25) is 5.91 Å². The van der Waals surface area contributed by atoms with Crippen LogP contribution in [0, 0.1) is 0 Å². The van der Waals surface area contributed by atoms with E-state index in [2.05, 4.69) is 42.3 Å². The van der Waals surface area contributed by atoms with Crippen molar-refractivity contribution in [2.75, 3.05) is 18.6 Å². The lowest BCUT2D eigenvalue weighted by Gasteiger charge is -2.40.